The van der Waals surface area contributed by atoms with Crippen molar-refractivity contribution in [1.82, 2.24) is 10.1 Å². The van der Waals surface area contributed by atoms with E-state index in [-0.39, 0.29) is 5.54 Å². The third-order valence-electron chi connectivity index (χ3n) is 3.73. The van der Waals surface area contributed by atoms with E-state index in [4.69, 9.17) is 10.3 Å². The second-order valence-electron chi connectivity index (χ2n) is 5.18. The summed E-state index contributed by atoms with van der Waals surface area (Å²) in [5.41, 5.74) is 6.90. The lowest BCUT2D eigenvalue weighted by Gasteiger charge is -2.34. The van der Waals surface area contributed by atoms with Crippen LogP contribution in [-0.4, -0.2) is 16.1 Å². The Morgan fingerprint density at radius 1 is 1.47 bits per heavy atom. The maximum atomic E-state index is 5.85. The Morgan fingerprint density at radius 3 is 2.67 bits per heavy atom. The van der Waals surface area contributed by atoms with Gasteiger partial charge in [0.2, 0.25) is 0 Å². The highest BCUT2D eigenvalue weighted by Gasteiger charge is 2.52. The van der Waals surface area contributed by atoms with Gasteiger partial charge in [-0.1, -0.05) is 5.16 Å². The lowest BCUT2D eigenvalue weighted by molar-refractivity contribution is 0.0725. The molecule has 1 unspecified atom stereocenters. The van der Waals surface area contributed by atoms with E-state index in [1.807, 2.05) is 0 Å². The highest BCUT2D eigenvalue weighted by atomic mass is 16.5. The van der Waals surface area contributed by atoms with Gasteiger partial charge in [0.25, 0.3) is 0 Å². The van der Waals surface area contributed by atoms with Gasteiger partial charge < -0.3 is 10.3 Å². The number of rotatable bonds is 1. The van der Waals surface area contributed by atoms with Crippen LogP contribution in [0.4, 0.5) is 5.82 Å². The average molecular weight is 207 g/mol. The van der Waals surface area contributed by atoms with Crippen molar-refractivity contribution < 1.29 is 4.52 Å². The van der Waals surface area contributed by atoms with Crippen molar-refractivity contribution in [1.29, 1.82) is 0 Å². The number of nitrogens with zero attached hydrogens (tertiary/aromatic N) is 2. The molecule has 0 amide bonds. The molecule has 1 atom stereocenters. The van der Waals surface area contributed by atoms with Gasteiger partial charge in [-0.25, -0.2) is 0 Å². The van der Waals surface area contributed by atoms with E-state index in [0.717, 1.165) is 11.3 Å². The van der Waals surface area contributed by atoms with Gasteiger partial charge in [-0.3, -0.25) is 4.90 Å². The molecule has 1 aliphatic heterocycles. The summed E-state index contributed by atoms with van der Waals surface area (Å²) in [5, 5.41) is 3.87. The number of aromatic nitrogens is 1. The van der Waals surface area contributed by atoms with Gasteiger partial charge in [0.15, 0.2) is 11.6 Å². The van der Waals surface area contributed by atoms with Crippen molar-refractivity contribution >= 4 is 5.82 Å². The quantitative estimate of drug-likeness (QED) is 0.765. The summed E-state index contributed by atoms with van der Waals surface area (Å²) >= 11 is 0. The zero-order valence-electron chi connectivity index (χ0n) is 9.45. The van der Waals surface area contributed by atoms with Crippen molar-refractivity contribution in [3.63, 3.8) is 0 Å². The van der Waals surface area contributed by atoms with Crippen LogP contribution in [0.15, 0.2) is 4.52 Å². The molecule has 15 heavy (non-hydrogen) atoms. The van der Waals surface area contributed by atoms with E-state index >= 15 is 0 Å². The minimum atomic E-state index is -0.0550. The maximum Gasteiger partial charge on any atom is 0.171 e. The molecule has 2 N–H and O–H groups in total. The van der Waals surface area contributed by atoms with Gasteiger partial charge in [-0.15, -0.1) is 0 Å². The molecule has 2 aliphatic rings. The van der Waals surface area contributed by atoms with Gasteiger partial charge in [-0.2, -0.15) is 0 Å². The fourth-order valence-electron chi connectivity index (χ4n) is 3.02. The van der Waals surface area contributed by atoms with Crippen LogP contribution < -0.4 is 5.73 Å². The van der Waals surface area contributed by atoms with E-state index in [1.54, 1.807) is 0 Å². The normalized spacial score (nSPS) is 29.4. The molecule has 1 saturated carbocycles. The lowest BCUT2D eigenvalue weighted by atomic mass is 10.0. The molecular formula is C11H17N3O. The standard InChI is InChI=1S/C11H17N3O/c1-6-8-9(15-13-10(8)12)11(2,3)14(6)7-4-5-7/h6-7H,4-5H2,1-3H3,(H2,12,13). The first kappa shape index (κ1) is 9.21. The highest BCUT2D eigenvalue weighted by Crippen LogP contribution is 2.52. The van der Waals surface area contributed by atoms with Crippen LogP contribution in [0, 0.1) is 0 Å². The van der Waals surface area contributed by atoms with Gasteiger partial charge in [0.1, 0.15) is 0 Å². The van der Waals surface area contributed by atoms with E-state index < -0.39 is 0 Å². The number of fused-ring (bicyclic) bond motifs is 1. The molecule has 1 aromatic rings. The Labute approximate surface area is 89.4 Å². The molecule has 0 spiro atoms. The van der Waals surface area contributed by atoms with Gasteiger partial charge in [-0.05, 0) is 33.6 Å². The molecular weight excluding hydrogens is 190 g/mol. The molecule has 82 valence electrons. The van der Waals surface area contributed by atoms with Crippen molar-refractivity contribution in [3.8, 4) is 0 Å². The Morgan fingerprint density at radius 2 is 2.13 bits per heavy atom. The molecule has 1 aliphatic carbocycles. The van der Waals surface area contributed by atoms with E-state index in [2.05, 4.69) is 30.8 Å². The zero-order valence-corrected chi connectivity index (χ0v) is 9.45. The summed E-state index contributed by atoms with van der Waals surface area (Å²) in [7, 11) is 0. The van der Waals surface area contributed by atoms with Crippen LogP contribution in [0.2, 0.25) is 0 Å². The molecule has 1 aromatic heterocycles. The Bertz CT molecular complexity index is 406. The first-order valence-corrected chi connectivity index (χ1v) is 5.57. The van der Waals surface area contributed by atoms with E-state index in [0.29, 0.717) is 17.9 Å². The Balaban J connectivity index is 2.12. The van der Waals surface area contributed by atoms with Crippen molar-refractivity contribution in [3.05, 3.63) is 11.3 Å². The minimum absolute atomic E-state index is 0.0550. The smallest absolute Gasteiger partial charge is 0.171 e. The molecule has 3 rings (SSSR count). The summed E-state index contributed by atoms with van der Waals surface area (Å²) in [6, 6.07) is 1.05. The summed E-state index contributed by atoms with van der Waals surface area (Å²) in [6.45, 7) is 6.58. The summed E-state index contributed by atoms with van der Waals surface area (Å²) < 4.78 is 5.38. The number of nitrogen functional groups attached to an aromatic ring is 1. The van der Waals surface area contributed by atoms with Crippen molar-refractivity contribution in [2.75, 3.05) is 5.73 Å². The van der Waals surface area contributed by atoms with E-state index in [1.165, 1.54) is 12.8 Å². The molecule has 2 heterocycles. The first-order chi connectivity index (χ1) is 7.03. The monoisotopic (exact) mass is 207 g/mol. The molecule has 4 nitrogen and oxygen atoms in total. The average Bonchev–Trinajstić information content (AvgIpc) is 2.83. The zero-order chi connectivity index (χ0) is 10.8. The highest BCUT2D eigenvalue weighted by molar-refractivity contribution is 5.48. The minimum Gasteiger partial charge on any atom is -0.381 e. The second-order valence-corrected chi connectivity index (χ2v) is 5.18. The van der Waals surface area contributed by atoms with Crippen molar-refractivity contribution in [2.24, 2.45) is 0 Å². The summed E-state index contributed by atoms with van der Waals surface area (Å²) in [6.07, 6.45) is 2.59. The molecule has 1 fully saturated rings. The number of hydrogen-bond donors (Lipinski definition) is 1. The predicted octanol–water partition coefficient (Wildman–Crippen LogP) is 2.03. The number of nitrogens with two attached hydrogens (primary N) is 1. The first-order valence-electron chi connectivity index (χ1n) is 5.57. The fourth-order valence-corrected chi connectivity index (χ4v) is 3.02. The topological polar surface area (TPSA) is 55.3 Å². The van der Waals surface area contributed by atoms with Gasteiger partial charge in [0.05, 0.1) is 11.1 Å². The molecule has 0 bridgehead atoms. The maximum absolute atomic E-state index is 5.85. The van der Waals surface area contributed by atoms with Gasteiger partial charge >= 0.3 is 0 Å². The van der Waals surface area contributed by atoms with Crippen LogP contribution in [0.3, 0.4) is 0 Å². The van der Waals surface area contributed by atoms with Crippen LogP contribution in [-0.2, 0) is 5.54 Å². The van der Waals surface area contributed by atoms with E-state index in [9.17, 15) is 0 Å². The summed E-state index contributed by atoms with van der Waals surface area (Å²) in [4.78, 5) is 2.51. The molecule has 0 radical (unpaired) electrons. The SMILES string of the molecule is CC1c2c(N)noc2C(C)(C)N1C1CC1. The van der Waals surface area contributed by atoms with Crippen molar-refractivity contribution in [2.45, 2.75) is 51.2 Å². The largest absolute Gasteiger partial charge is 0.381 e. The molecule has 0 saturated heterocycles. The third-order valence-corrected chi connectivity index (χ3v) is 3.73. The van der Waals surface area contributed by atoms with Crippen LogP contribution in [0.1, 0.15) is 51.0 Å². The van der Waals surface area contributed by atoms with Crippen LogP contribution in [0.5, 0.6) is 0 Å². The predicted molar refractivity (Wildman–Crippen MR) is 57.2 cm³/mol. The summed E-state index contributed by atoms with van der Waals surface area (Å²) in [5.74, 6) is 1.52. The Hall–Kier alpha value is -1.03. The van der Waals surface area contributed by atoms with Crippen LogP contribution in [0.25, 0.3) is 0 Å². The molecule has 0 aromatic carbocycles. The second kappa shape index (κ2) is 2.55. The Kier molecular flexibility index (Phi) is 1.57. The van der Waals surface area contributed by atoms with Crippen LogP contribution >= 0.6 is 0 Å². The number of anilines is 1. The number of hydrogen-bond acceptors (Lipinski definition) is 4. The third kappa shape index (κ3) is 1.03. The van der Waals surface area contributed by atoms with Gasteiger partial charge in [0, 0.05) is 12.1 Å². The molecule has 4 heteroatoms. The lowest BCUT2D eigenvalue weighted by Crippen LogP contribution is -2.38. The fraction of sp³-hybridized carbons (Fsp3) is 0.727.